The fourth-order valence-corrected chi connectivity index (χ4v) is 2.41. The van der Waals surface area contributed by atoms with Crippen LogP contribution in [0.15, 0.2) is 18.5 Å². The van der Waals surface area contributed by atoms with Crippen LogP contribution in [0.4, 0.5) is 0 Å². The van der Waals surface area contributed by atoms with Crippen LogP contribution in [0.3, 0.4) is 0 Å². The summed E-state index contributed by atoms with van der Waals surface area (Å²) in [5, 5.41) is 7.69. The minimum Gasteiger partial charge on any atom is -0.315 e. The van der Waals surface area contributed by atoms with E-state index in [9.17, 15) is 0 Å². The Kier molecular flexibility index (Phi) is 5.01. The molecule has 2 rings (SSSR count). The number of aromatic nitrogens is 2. The van der Waals surface area contributed by atoms with E-state index in [1.807, 2.05) is 23.1 Å². The number of piperidine rings is 1. The topological polar surface area (TPSA) is 33.1 Å². The van der Waals surface area contributed by atoms with Gasteiger partial charge in [-0.05, 0) is 57.9 Å². The predicted octanol–water partition coefficient (Wildman–Crippen LogP) is 1.20. The molecule has 17 heavy (non-hydrogen) atoms. The van der Waals surface area contributed by atoms with Crippen LogP contribution in [0.1, 0.15) is 19.3 Å². The molecule has 0 aromatic carbocycles. The third-order valence-electron chi connectivity index (χ3n) is 3.64. The molecular formula is C13H24N4. The Bertz CT molecular complexity index is 288. The maximum absolute atomic E-state index is 4.18. The first kappa shape index (κ1) is 12.6. The first-order chi connectivity index (χ1) is 8.34. The first-order valence-corrected chi connectivity index (χ1v) is 6.71. The van der Waals surface area contributed by atoms with Crippen LogP contribution in [0.25, 0.3) is 0 Å². The molecule has 1 aromatic rings. The summed E-state index contributed by atoms with van der Waals surface area (Å²) in [7, 11) is 2.22. The molecule has 1 aliphatic heterocycles. The number of rotatable bonds is 6. The molecule has 0 bridgehead atoms. The number of likely N-dealkylation sites (tertiary alicyclic amines) is 1. The van der Waals surface area contributed by atoms with Crippen molar-refractivity contribution in [3.8, 4) is 0 Å². The van der Waals surface area contributed by atoms with Gasteiger partial charge in [0.15, 0.2) is 0 Å². The summed E-state index contributed by atoms with van der Waals surface area (Å²) in [5.41, 5.74) is 0. The van der Waals surface area contributed by atoms with Crippen molar-refractivity contribution in [3.63, 3.8) is 0 Å². The lowest BCUT2D eigenvalue weighted by molar-refractivity contribution is 0.211. The Morgan fingerprint density at radius 3 is 2.82 bits per heavy atom. The molecule has 0 aliphatic carbocycles. The normalized spacial score (nSPS) is 18.6. The van der Waals surface area contributed by atoms with Gasteiger partial charge in [-0.3, -0.25) is 4.68 Å². The maximum Gasteiger partial charge on any atom is 0.0533 e. The van der Waals surface area contributed by atoms with Gasteiger partial charge in [-0.2, -0.15) is 5.10 Å². The van der Waals surface area contributed by atoms with E-state index in [4.69, 9.17) is 0 Å². The van der Waals surface area contributed by atoms with E-state index in [2.05, 4.69) is 22.4 Å². The highest BCUT2D eigenvalue weighted by atomic mass is 15.3. The molecule has 0 spiro atoms. The molecule has 1 aliphatic rings. The molecule has 4 nitrogen and oxygen atoms in total. The molecule has 0 radical (unpaired) electrons. The Hall–Kier alpha value is -0.870. The molecule has 0 amide bonds. The third kappa shape index (κ3) is 4.48. The fraction of sp³-hybridized carbons (Fsp3) is 0.769. The highest BCUT2D eigenvalue weighted by Crippen LogP contribution is 2.18. The molecular weight excluding hydrogens is 212 g/mol. The maximum atomic E-state index is 4.18. The molecule has 1 saturated heterocycles. The molecule has 2 heterocycles. The van der Waals surface area contributed by atoms with E-state index in [0.717, 1.165) is 25.6 Å². The van der Waals surface area contributed by atoms with Crippen molar-refractivity contribution in [3.05, 3.63) is 18.5 Å². The largest absolute Gasteiger partial charge is 0.315 e. The number of hydrogen-bond acceptors (Lipinski definition) is 3. The van der Waals surface area contributed by atoms with Gasteiger partial charge in [-0.1, -0.05) is 0 Å². The van der Waals surface area contributed by atoms with Gasteiger partial charge in [0.05, 0.1) is 6.54 Å². The van der Waals surface area contributed by atoms with Crippen LogP contribution in [0.2, 0.25) is 0 Å². The van der Waals surface area contributed by atoms with Gasteiger partial charge in [-0.15, -0.1) is 0 Å². The summed E-state index contributed by atoms with van der Waals surface area (Å²) in [5.74, 6) is 0.934. The zero-order valence-corrected chi connectivity index (χ0v) is 10.8. The highest BCUT2D eigenvalue weighted by molar-refractivity contribution is 4.77. The summed E-state index contributed by atoms with van der Waals surface area (Å²) in [6, 6.07) is 1.97. The monoisotopic (exact) mass is 236 g/mol. The van der Waals surface area contributed by atoms with Crippen molar-refractivity contribution in [2.45, 2.75) is 25.8 Å². The second kappa shape index (κ2) is 6.77. The Balaban J connectivity index is 1.49. The van der Waals surface area contributed by atoms with Crippen LogP contribution in [-0.2, 0) is 6.54 Å². The van der Waals surface area contributed by atoms with Gasteiger partial charge >= 0.3 is 0 Å². The van der Waals surface area contributed by atoms with E-state index >= 15 is 0 Å². The van der Waals surface area contributed by atoms with Crippen molar-refractivity contribution < 1.29 is 0 Å². The zero-order chi connectivity index (χ0) is 11.9. The van der Waals surface area contributed by atoms with Crippen LogP contribution in [0, 0.1) is 5.92 Å². The van der Waals surface area contributed by atoms with Crippen molar-refractivity contribution in [1.82, 2.24) is 20.0 Å². The van der Waals surface area contributed by atoms with E-state index in [1.54, 1.807) is 0 Å². The number of nitrogens with one attached hydrogen (secondary N) is 1. The van der Waals surface area contributed by atoms with Crippen molar-refractivity contribution in [2.24, 2.45) is 5.92 Å². The smallest absolute Gasteiger partial charge is 0.0533 e. The zero-order valence-electron chi connectivity index (χ0n) is 10.8. The second-order valence-corrected chi connectivity index (χ2v) is 5.05. The number of hydrogen-bond donors (Lipinski definition) is 1. The molecule has 1 fully saturated rings. The third-order valence-corrected chi connectivity index (χ3v) is 3.64. The van der Waals surface area contributed by atoms with Crippen LogP contribution < -0.4 is 5.32 Å². The Morgan fingerprint density at radius 1 is 1.29 bits per heavy atom. The van der Waals surface area contributed by atoms with Gasteiger partial charge in [0.1, 0.15) is 0 Å². The number of nitrogens with zero attached hydrogens (tertiary/aromatic N) is 3. The fourth-order valence-electron chi connectivity index (χ4n) is 2.41. The summed E-state index contributed by atoms with van der Waals surface area (Å²) >= 11 is 0. The minimum atomic E-state index is 0.934. The van der Waals surface area contributed by atoms with Crippen LogP contribution in [-0.4, -0.2) is 47.9 Å². The van der Waals surface area contributed by atoms with Crippen LogP contribution in [0.5, 0.6) is 0 Å². The Labute approximate surface area is 104 Å². The molecule has 0 atom stereocenters. The Morgan fingerprint density at radius 2 is 2.12 bits per heavy atom. The van der Waals surface area contributed by atoms with Crippen molar-refractivity contribution >= 4 is 0 Å². The summed E-state index contributed by atoms with van der Waals surface area (Å²) in [6.45, 7) is 5.69. The first-order valence-electron chi connectivity index (χ1n) is 6.71. The summed E-state index contributed by atoms with van der Waals surface area (Å²) in [6.07, 6.45) is 7.92. The average molecular weight is 236 g/mol. The molecule has 0 saturated carbocycles. The molecule has 4 heteroatoms. The molecule has 0 unspecified atom stereocenters. The van der Waals surface area contributed by atoms with Crippen molar-refractivity contribution in [1.29, 1.82) is 0 Å². The SMILES string of the molecule is CN1CCC(CCNCCn2cccn2)CC1. The lowest BCUT2D eigenvalue weighted by Crippen LogP contribution is -2.32. The average Bonchev–Trinajstić information content (AvgIpc) is 2.84. The van der Waals surface area contributed by atoms with Gasteiger partial charge in [-0.25, -0.2) is 0 Å². The summed E-state index contributed by atoms with van der Waals surface area (Å²) in [4.78, 5) is 2.43. The van der Waals surface area contributed by atoms with Gasteiger partial charge in [0.2, 0.25) is 0 Å². The van der Waals surface area contributed by atoms with Crippen LogP contribution >= 0.6 is 0 Å². The molecule has 1 N–H and O–H groups in total. The van der Waals surface area contributed by atoms with E-state index in [0.29, 0.717) is 0 Å². The van der Waals surface area contributed by atoms with E-state index < -0.39 is 0 Å². The summed E-state index contributed by atoms with van der Waals surface area (Å²) < 4.78 is 1.97. The van der Waals surface area contributed by atoms with Crippen molar-refractivity contribution in [2.75, 3.05) is 33.2 Å². The van der Waals surface area contributed by atoms with Gasteiger partial charge in [0, 0.05) is 18.9 Å². The van der Waals surface area contributed by atoms with E-state index in [1.165, 1.54) is 32.4 Å². The quantitative estimate of drug-likeness (QED) is 0.754. The highest BCUT2D eigenvalue weighted by Gasteiger charge is 2.15. The predicted molar refractivity (Wildman–Crippen MR) is 69.9 cm³/mol. The minimum absolute atomic E-state index is 0.934. The van der Waals surface area contributed by atoms with E-state index in [-0.39, 0.29) is 0 Å². The second-order valence-electron chi connectivity index (χ2n) is 5.05. The van der Waals surface area contributed by atoms with Gasteiger partial charge in [0.25, 0.3) is 0 Å². The lowest BCUT2D eigenvalue weighted by atomic mass is 9.94. The lowest BCUT2D eigenvalue weighted by Gasteiger charge is -2.28. The molecule has 1 aromatic heterocycles. The standard InChI is InChI=1S/C13H24N4/c1-16-10-4-13(5-11-16)3-7-14-8-12-17-9-2-6-15-17/h2,6,9,13-14H,3-5,7-8,10-12H2,1H3. The van der Waals surface area contributed by atoms with Gasteiger partial charge < -0.3 is 10.2 Å². The molecule has 96 valence electrons.